The van der Waals surface area contributed by atoms with Crippen molar-refractivity contribution >= 4 is 38.1 Å². The standard InChI is InChI=1S/C17H24N2O5S2/c1-11-6-12(2)17(13(3)7-11)19-16(21)9-25(22)8-15(20)18-14-4-5-26(23,24)10-14/h6-7,14H,4-5,8-10H2,1-3H3,(H,18,20)(H,19,21)/t14-,25+/m0/s1. The van der Waals surface area contributed by atoms with Gasteiger partial charge >= 0.3 is 0 Å². The molecule has 1 heterocycles. The summed E-state index contributed by atoms with van der Waals surface area (Å²) >= 11 is 0. The number of anilines is 1. The van der Waals surface area contributed by atoms with Crippen molar-refractivity contribution in [1.82, 2.24) is 5.32 Å². The minimum Gasteiger partial charge on any atom is -0.352 e. The zero-order valence-electron chi connectivity index (χ0n) is 15.1. The van der Waals surface area contributed by atoms with Gasteiger partial charge in [0, 0.05) is 22.5 Å². The Morgan fingerprint density at radius 2 is 1.69 bits per heavy atom. The Morgan fingerprint density at radius 1 is 1.12 bits per heavy atom. The number of carbonyl (C=O) groups excluding carboxylic acids is 2. The Morgan fingerprint density at radius 3 is 2.23 bits per heavy atom. The Hall–Kier alpha value is -1.74. The molecule has 2 N–H and O–H groups in total. The lowest BCUT2D eigenvalue weighted by Crippen LogP contribution is -2.39. The van der Waals surface area contributed by atoms with Crippen LogP contribution in [0.4, 0.5) is 5.69 Å². The second-order valence-corrected chi connectivity index (χ2v) is 10.4. The minimum absolute atomic E-state index is 0.0543. The summed E-state index contributed by atoms with van der Waals surface area (Å²) in [5, 5.41) is 5.32. The summed E-state index contributed by atoms with van der Waals surface area (Å²) in [7, 11) is -4.75. The minimum atomic E-state index is -3.09. The molecule has 0 aromatic heterocycles. The molecule has 2 rings (SSSR count). The predicted octanol–water partition coefficient (Wildman–Crippen LogP) is 0.602. The van der Waals surface area contributed by atoms with Gasteiger partial charge in [0.05, 0.1) is 11.5 Å². The highest BCUT2D eigenvalue weighted by atomic mass is 32.2. The van der Waals surface area contributed by atoms with Gasteiger partial charge in [-0.3, -0.25) is 13.8 Å². The molecule has 1 aromatic rings. The lowest BCUT2D eigenvalue weighted by Gasteiger charge is -2.13. The van der Waals surface area contributed by atoms with Gasteiger partial charge in [0.1, 0.15) is 11.5 Å². The van der Waals surface area contributed by atoms with E-state index in [1.165, 1.54) is 0 Å². The van der Waals surface area contributed by atoms with Crippen LogP contribution in [0.1, 0.15) is 23.1 Å². The van der Waals surface area contributed by atoms with Gasteiger partial charge in [0.2, 0.25) is 11.8 Å². The fourth-order valence-electron chi connectivity index (χ4n) is 3.07. The summed E-state index contributed by atoms with van der Waals surface area (Å²) in [5.74, 6) is -1.56. The van der Waals surface area contributed by atoms with Gasteiger partial charge < -0.3 is 10.6 Å². The van der Waals surface area contributed by atoms with Crippen LogP contribution in [0.25, 0.3) is 0 Å². The highest BCUT2D eigenvalue weighted by Crippen LogP contribution is 2.21. The van der Waals surface area contributed by atoms with Crippen molar-refractivity contribution in [3.63, 3.8) is 0 Å². The monoisotopic (exact) mass is 400 g/mol. The van der Waals surface area contributed by atoms with E-state index in [0.717, 1.165) is 16.7 Å². The molecule has 1 aromatic carbocycles. The molecule has 2 atom stereocenters. The van der Waals surface area contributed by atoms with Gasteiger partial charge in [-0.15, -0.1) is 0 Å². The number of nitrogens with one attached hydrogen (secondary N) is 2. The fourth-order valence-corrected chi connectivity index (χ4v) is 5.59. The predicted molar refractivity (Wildman–Crippen MR) is 102 cm³/mol. The maximum Gasteiger partial charge on any atom is 0.237 e. The lowest BCUT2D eigenvalue weighted by molar-refractivity contribution is -0.119. The number of aryl methyl sites for hydroxylation is 3. The molecule has 1 aliphatic heterocycles. The SMILES string of the molecule is Cc1cc(C)c(NC(=O)C[S@](=O)CC(=O)N[C@H]2CCS(=O)(=O)C2)c(C)c1. The number of carbonyl (C=O) groups is 2. The Labute approximate surface area is 156 Å². The van der Waals surface area contributed by atoms with Gasteiger partial charge in [0.25, 0.3) is 0 Å². The quantitative estimate of drug-likeness (QED) is 0.727. The summed E-state index contributed by atoms with van der Waals surface area (Å²) in [5.41, 5.74) is 3.62. The topological polar surface area (TPSA) is 109 Å². The summed E-state index contributed by atoms with van der Waals surface area (Å²) in [6, 6.07) is 3.46. The maximum atomic E-state index is 12.1. The van der Waals surface area contributed by atoms with E-state index in [0.29, 0.717) is 12.1 Å². The molecule has 0 aliphatic carbocycles. The van der Waals surface area contributed by atoms with Crippen molar-refractivity contribution in [2.24, 2.45) is 0 Å². The Balaban J connectivity index is 1.84. The first-order chi connectivity index (χ1) is 12.1. The molecule has 26 heavy (non-hydrogen) atoms. The van der Waals surface area contributed by atoms with E-state index in [2.05, 4.69) is 10.6 Å². The summed E-state index contributed by atoms with van der Waals surface area (Å²) in [4.78, 5) is 24.0. The molecule has 0 radical (unpaired) electrons. The van der Waals surface area contributed by atoms with E-state index >= 15 is 0 Å². The molecule has 1 aliphatic rings. The summed E-state index contributed by atoms with van der Waals surface area (Å²) in [6.07, 6.45) is 0.368. The first-order valence-corrected chi connectivity index (χ1v) is 11.6. The third-order valence-corrected chi connectivity index (χ3v) is 7.06. The lowest BCUT2D eigenvalue weighted by atomic mass is 10.1. The Bertz CT molecular complexity index is 826. The number of hydrogen-bond donors (Lipinski definition) is 2. The molecular formula is C17H24N2O5S2. The van der Waals surface area contributed by atoms with Crippen molar-refractivity contribution in [2.45, 2.75) is 33.2 Å². The smallest absolute Gasteiger partial charge is 0.237 e. The number of amides is 2. The second kappa shape index (κ2) is 8.30. The molecule has 0 unspecified atom stereocenters. The molecule has 0 saturated carbocycles. The van der Waals surface area contributed by atoms with E-state index < -0.39 is 38.5 Å². The van der Waals surface area contributed by atoms with Gasteiger partial charge in [0.15, 0.2) is 9.84 Å². The number of hydrogen-bond acceptors (Lipinski definition) is 5. The van der Waals surface area contributed by atoms with E-state index in [1.54, 1.807) is 0 Å². The zero-order valence-corrected chi connectivity index (χ0v) is 16.8. The molecule has 9 heteroatoms. The van der Waals surface area contributed by atoms with Crippen molar-refractivity contribution in [3.05, 3.63) is 28.8 Å². The normalized spacial score (nSPS) is 19.7. The van der Waals surface area contributed by atoms with Crippen LogP contribution in [-0.4, -0.2) is 53.5 Å². The van der Waals surface area contributed by atoms with Crippen molar-refractivity contribution < 1.29 is 22.2 Å². The van der Waals surface area contributed by atoms with Crippen LogP contribution in [0.3, 0.4) is 0 Å². The van der Waals surface area contributed by atoms with Crippen LogP contribution in [-0.2, 0) is 30.2 Å². The molecule has 2 amide bonds. The molecule has 1 saturated heterocycles. The molecule has 0 bridgehead atoms. The van der Waals surface area contributed by atoms with Crippen LogP contribution in [0.15, 0.2) is 12.1 Å². The van der Waals surface area contributed by atoms with Crippen molar-refractivity contribution in [1.29, 1.82) is 0 Å². The summed E-state index contributed by atoms with van der Waals surface area (Å²) < 4.78 is 34.8. The van der Waals surface area contributed by atoms with Crippen LogP contribution >= 0.6 is 0 Å². The van der Waals surface area contributed by atoms with Gasteiger partial charge in [-0.1, -0.05) is 17.7 Å². The van der Waals surface area contributed by atoms with Crippen LogP contribution in [0.5, 0.6) is 0 Å². The molecule has 144 valence electrons. The highest BCUT2D eigenvalue weighted by molar-refractivity contribution is 7.91. The van der Waals surface area contributed by atoms with Crippen LogP contribution in [0, 0.1) is 20.8 Å². The average Bonchev–Trinajstić information content (AvgIpc) is 2.81. The van der Waals surface area contributed by atoms with Crippen molar-refractivity contribution in [2.75, 3.05) is 28.3 Å². The third kappa shape index (κ3) is 5.91. The number of rotatable bonds is 6. The first-order valence-electron chi connectivity index (χ1n) is 8.28. The maximum absolute atomic E-state index is 12.1. The third-order valence-electron chi connectivity index (χ3n) is 4.12. The number of benzene rings is 1. The van der Waals surface area contributed by atoms with E-state index in [1.807, 2.05) is 32.9 Å². The molecule has 1 fully saturated rings. The van der Waals surface area contributed by atoms with Crippen molar-refractivity contribution in [3.8, 4) is 0 Å². The molecule has 7 nitrogen and oxygen atoms in total. The van der Waals surface area contributed by atoms with Gasteiger partial charge in [-0.2, -0.15) is 0 Å². The van der Waals surface area contributed by atoms with E-state index in [4.69, 9.17) is 0 Å². The Kier molecular flexibility index (Phi) is 6.57. The second-order valence-electron chi connectivity index (χ2n) is 6.72. The number of sulfone groups is 1. The van der Waals surface area contributed by atoms with Crippen LogP contribution in [0.2, 0.25) is 0 Å². The molecular weight excluding hydrogens is 376 g/mol. The summed E-state index contributed by atoms with van der Waals surface area (Å²) in [6.45, 7) is 5.74. The molecule has 0 spiro atoms. The van der Waals surface area contributed by atoms with E-state index in [9.17, 15) is 22.2 Å². The largest absolute Gasteiger partial charge is 0.352 e. The first kappa shape index (κ1) is 20.6. The highest BCUT2D eigenvalue weighted by Gasteiger charge is 2.29. The van der Waals surface area contributed by atoms with Gasteiger partial charge in [-0.05, 0) is 38.3 Å². The zero-order chi connectivity index (χ0) is 19.5. The van der Waals surface area contributed by atoms with Gasteiger partial charge in [-0.25, -0.2) is 8.42 Å². The fraction of sp³-hybridized carbons (Fsp3) is 0.529. The van der Waals surface area contributed by atoms with Crippen LogP contribution < -0.4 is 10.6 Å². The van der Waals surface area contributed by atoms with E-state index in [-0.39, 0.29) is 23.0 Å². The average molecular weight is 401 g/mol.